The van der Waals surface area contributed by atoms with E-state index in [1.54, 1.807) is 24.3 Å². The van der Waals surface area contributed by atoms with Crippen molar-refractivity contribution in [1.82, 2.24) is 15.5 Å². The maximum absolute atomic E-state index is 11.8. The van der Waals surface area contributed by atoms with Crippen molar-refractivity contribution >= 4 is 23.3 Å². The molecule has 1 fully saturated rings. The first-order valence-electron chi connectivity index (χ1n) is 6.58. The van der Waals surface area contributed by atoms with Crippen molar-refractivity contribution in [2.24, 2.45) is 0 Å². The van der Waals surface area contributed by atoms with Gasteiger partial charge in [0.05, 0.1) is 22.4 Å². The molecule has 0 bridgehead atoms. The molecule has 0 aromatic carbocycles. The lowest BCUT2D eigenvalue weighted by atomic mass is 10.2. The van der Waals surface area contributed by atoms with Gasteiger partial charge in [-0.2, -0.15) is 0 Å². The van der Waals surface area contributed by atoms with E-state index in [-0.39, 0.29) is 12.1 Å². The van der Waals surface area contributed by atoms with Crippen molar-refractivity contribution in [1.29, 1.82) is 0 Å². The van der Waals surface area contributed by atoms with Crippen LogP contribution in [0.4, 0.5) is 10.7 Å². The molecule has 0 spiro atoms. The predicted molar refractivity (Wildman–Crippen MR) is 75.9 cm³/mol. The first-order chi connectivity index (χ1) is 9.61. The van der Waals surface area contributed by atoms with Crippen molar-refractivity contribution in [2.75, 3.05) is 5.32 Å². The van der Waals surface area contributed by atoms with Crippen molar-refractivity contribution in [2.45, 2.75) is 38.6 Å². The first-order valence-corrected chi connectivity index (χ1v) is 7.46. The summed E-state index contributed by atoms with van der Waals surface area (Å²) < 4.78 is 4.93. The summed E-state index contributed by atoms with van der Waals surface area (Å²) in [6, 6.07) is 1.20. The highest BCUT2D eigenvalue weighted by atomic mass is 32.1. The Morgan fingerprint density at radius 1 is 1.55 bits per heavy atom. The number of carbonyl (C=O) groups is 1. The Hall–Kier alpha value is -1.89. The van der Waals surface area contributed by atoms with E-state index < -0.39 is 0 Å². The zero-order valence-electron chi connectivity index (χ0n) is 11.3. The number of carbonyl (C=O) groups excluding carboxylic acids is 1. The van der Waals surface area contributed by atoms with E-state index in [0.717, 1.165) is 11.4 Å². The third-order valence-electron chi connectivity index (χ3n) is 3.12. The maximum Gasteiger partial charge on any atom is 0.322 e. The highest BCUT2D eigenvalue weighted by molar-refractivity contribution is 7.09. The normalized spacial score (nSPS) is 15.9. The summed E-state index contributed by atoms with van der Waals surface area (Å²) >= 11 is 1.67. The number of urea groups is 1. The molecular weight excluding hydrogens is 276 g/mol. The Balaban J connectivity index is 1.56. The lowest BCUT2D eigenvalue weighted by Crippen LogP contribution is -2.31. The molecular formula is C13H16N4O2S. The fraction of sp³-hybridized carbons (Fsp3) is 0.462. The van der Waals surface area contributed by atoms with E-state index in [0.29, 0.717) is 11.8 Å². The van der Waals surface area contributed by atoms with Gasteiger partial charge in [0.1, 0.15) is 0 Å². The Morgan fingerprint density at radius 3 is 3.00 bits per heavy atom. The minimum atomic E-state index is -0.324. The van der Waals surface area contributed by atoms with Crippen molar-refractivity contribution in [3.05, 3.63) is 27.8 Å². The Kier molecular flexibility index (Phi) is 3.43. The minimum Gasteiger partial charge on any atom is -0.338 e. The molecule has 20 heavy (non-hydrogen) atoms. The van der Waals surface area contributed by atoms with E-state index in [4.69, 9.17) is 4.52 Å². The third kappa shape index (κ3) is 2.98. The fourth-order valence-corrected chi connectivity index (χ4v) is 2.94. The van der Waals surface area contributed by atoms with Crippen LogP contribution >= 0.6 is 11.3 Å². The van der Waals surface area contributed by atoms with Crippen LogP contribution in [0.3, 0.4) is 0 Å². The van der Waals surface area contributed by atoms with Gasteiger partial charge in [-0.05, 0) is 26.7 Å². The molecule has 106 valence electrons. The zero-order valence-corrected chi connectivity index (χ0v) is 12.2. The molecule has 2 amide bonds. The fourth-order valence-electron chi connectivity index (χ4n) is 1.86. The van der Waals surface area contributed by atoms with Gasteiger partial charge in [0.2, 0.25) is 5.88 Å². The van der Waals surface area contributed by atoms with Crippen LogP contribution < -0.4 is 10.6 Å². The van der Waals surface area contributed by atoms with E-state index >= 15 is 0 Å². The number of hydrogen-bond acceptors (Lipinski definition) is 5. The number of amides is 2. The van der Waals surface area contributed by atoms with Gasteiger partial charge in [-0.15, -0.1) is 11.3 Å². The van der Waals surface area contributed by atoms with Crippen molar-refractivity contribution < 1.29 is 9.32 Å². The lowest BCUT2D eigenvalue weighted by molar-refractivity contribution is 0.248. The van der Waals surface area contributed by atoms with Gasteiger partial charge in [0, 0.05) is 17.4 Å². The molecule has 0 saturated heterocycles. The molecule has 0 aliphatic heterocycles. The average Bonchev–Trinajstić information content (AvgIpc) is 2.98. The number of hydrogen-bond donors (Lipinski definition) is 2. The summed E-state index contributed by atoms with van der Waals surface area (Å²) in [4.78, 5) is 16.4. The number of rotatable bonds is 4. The molecule has 1 aliphatic carbocycles. The number of aryl methyl sites for hydroxylation is 1. The van der Waals surface area contributed by atoms with Crippen molar-refractivity contribution in [3.63, 3.8) is 0 Å². The van der Waals surface area contributed by atoms with Crippen molar-refractivity contribution in [3.8, 4) is 0 Å². The van der Waals surface area contributed by atoms with E-state index in [2.05, 4.69) is 20.8 Å². The second kappa shape index (κ2) is 5.24. The quantitative estimate of drug-likeness (QED) is 0.906. The molecule has 2 heterocycles. The largest absolute Gasteiger partial charge is 0.338 e. The Bertz CT molecular complexity index is 617. The average molecular weight is 292 g/mol. The van der Waals surface area contributed by atoms with Crippen LogP contribution in [0.15, 0.2) is 16.0 Å². The molecule has 7 heteroatoms. The summed E-state index contributed by atoms with van der Waals surface area (Å²) in [7, 11) is 0. The summed E-state index contributed by atoms with van der Waals surface area (Å²) in [5.41, 5.74) is 1.63. The van der Waals surface area contributed by atoms with Gasteiger partial charge in [0.15, 0.2) is 0 Å². The Morgan fingerprint density at radius 2 is 2.35 bits per heavy atom. The highest BCUT2D eigenvalue weighted by Crippen LogP contribution is 2.41. The summed E-state index contributed by atoms with van der Waals surface area (Å²) in [6.45, 7) is 3.71. The molecule has 1 saturated carbocycles. The minimum absolute atomic E-state index is 0.136. The SMILES string of the molecule is Cc1cc(NC(=O)NC(C)c2csc(C3CC3)n2)on1. The van der Waals surface area contributed by atoms with Gasteiger partial charge < -0.3 is 9.84 Å². The molecule has 2 aromatic rings. The molecule has 2 aromatic heterocycles. The summed E-state index contributed by atoms with van der Waals surface area (Å²) in [5.74, 6) is 0.982. The molecule has 0 radical (unpaired) electrons. The van der Waals surface area contributed by atoms with Crippen LogP contribution in [-0.2, 0) is 0 Å². The summed E-state index contributed by atoms with van der Waals surface area (Å²) in [6.07, 6.45) is 2.47. The number of anilines is 1. The molecule has 1 unspecified atom stereocenters. The number of thiazole rings is 1. The zero-order chi connectivity index (χ0) is 14.1. The Labute approximate surface area is 120 Å². The topological polar surface area (TPSA) is 80.0 Å². The van der Waals surface area contributed by atoms with E-state index in [9.17, 15) is 4.79 Å². The predicted octanol–water partition coefficient (Wildman–Crippen LogP) is 3.20. The van der Waals surface area contributed by atoms with Crippen LogP contribution in [0, 0.1) is 6.92 Å². The lowest BCUT2D eigenvalue weighted by Gasteiger charge is -2.11. The van der Waals surface area contributed by atoms with Crippen LogP contribution in [0.25, 0.3) is 0 Å². The second-order valence-corrected chi connectivity index (χ2v) is 5.93. The van der Waals surface area contributed by atoms with E-state index in [1.165, 1.54) is 17.8 Å². The molecule has 3 rings (SSSR count). The van der Waals surface area contributed by atoms with Gasteiger partial charge in [-0.3, -0.25) is 5.32 Å². The third-order valence-corrected chi connectivity index (χ3v) is 4.15. The van der Waals surface area contributed by atoms with Gasteiger partial charge >= 0.3 is 6.03 Å². The highest BCUT2D eigenvalue weighted by Gasteiger charge is 2.27. The van der Waals surface area contributed by atoms with Crippen LogP contribution in [0.5, 0.6) is 0 Å². The number of aromatic nitrogens is 2. The number of nitrogens with one attached hydrogen (secondary N) is 2. The van der Waals surface area contributed by atoms with Crippen LogP contribution in [-0.4, -0.2) is 16.2 Å². The standard InChI is InChI=1S/C13H16N4O2S/c1-7-5-11(19-17-7)16-13(18)14-8(2)10-6-20-12(15-10)9-3-4-9/h5-6,8-9H,3-4H2,1-2H3,(H2,14,16,18). The van der Waals surface area contributed by atoms with Gasteiger partial charge in [-0.1, -0.05) is 5.16 Å². The van der Waals surface area contributed by atoms with Gasteiger partial charge in [0.25, 0.3) is 0 Å². The second-order valence-electron chi connectivity index (χ2n) is 5.04. The van der Waals surface area contributed by atoms with Gasteiger partial charge in [-0.25, -0.2) is 9.78 Å². The molecule has 6 nitrogen and oxygen atoms in total. The monoisotopic (exact) mass is 292 g/mol. The molecule has 2 N–H and O–H groups in total. The maximum atomic E-state index is 11.8. The first kappa shape index (κ1) is 13.1. The molecule has 1 atom stereocenters. The van der Waals surface area contributed by atoms with E-state index in [1.807, 2.05) is 12.3 Å². The van der Waals surface area contributed by atoms with Crippen LogP contribution in [0.1, 0.15) is 48.1 Å². The number of nitrogens with zero attached hydrogens (tertiary/aromatic N) is 2. The summed E-state index contributed by atoms with van der Waals surface area (Å²) in [5, 5.41) is 12.3. The van der Waals surface area contributed by atoms with Crippen LogP contribution in [0.2, 0.25) is 0 Å². The molecule has 1 aliphatic rings. The smallest absolute Gasteiger partial charge is 0.322 e.